The van der Waals surface area contributed by atoms with E-state index < -0.39 is 0 Å². The molecule has 274 valence electrons. The molecule has 0 radical (unpaired) electrons. The van der Waals surface area contributed by atoms with Gasteiger partial charge in [-0.05, 0) is 122 Å². The second-order valence-corrected chi connectivity index (χ2v) is 15.2. The van der Waals surface area contributed by atoms with Gasteiger partial charge in [0.2, 0.25) is 6.71 Å². The van der Waals surface area contributed by atoms with E-state index in [1.165, 1.54) is 40.6 Å². The molecule has 0 unspecified atom stereocenters. The summed E-state index contributed by atoms with van der Waals surface area (Å²) in [6.45, 7) is 1.88. The molecule has 2 nitrogen and oxygen atoms in total. The highest BCUT2D eigenvalue weighted by Crippen LogP contribution is 2.51. The quantitative estimate of drug-likeness (QED) is 0.124. The fraction of sp³-hybridized carbons (Fsp3) is 0.0189. The van der Waals surface area contributed by atoms with Crippen LogP contribution in [0.3, 0.4) is 0 Å². The molecule has 0 amide bonds. The molecule has 0 aromatic heterocycles. The molecule has 0 N–H and O–H groups in total. The van der Waals surface area contributed by atoms with Gasteiger partial charge in [0, 0.05) is 34.1 Å². The van der Waals surface area contributed by atoms with Crippen molar-refractivity contribution < 1.29 is 13.5 Å². The van der Waals surface area contributed by atoms with E-state index >= 15 is 0 Å². The Labute approximate surface area is 335 Å². The van der Waals surface area contributed by atoms with Crippen molar-refractivity contribution in [2.24, 2.45) is 0 Å². The fourth-order valence-electron chi connectivity index (χ4n) is 9.09. The SMILES string of the molecule is Cc1ccccc1N(c1ccc2c(c1)Oc1cccc3c1c-2cc1c2ccccc2c(B(c2ccc(F)cc2)c2ccc(F)cc2)cc31)c1ccc2ccccc2c1. The van der Waals surface area contributed by atoms with Crippen molar-refractivity contribution in [3.05, 3.63) is 205 Å². The predicted molar refractivity (Wildman–Crippen MR) is 239 cm³/mol. The van der Waals surface area contributed by atoms with Gasteiger partial charge < -0.3 is 9.64 Å². The van der Waals surface area contributed by atoms with E-state index in [4.69, 9.17) is 4.74 Å². The molecule has 1 aliphatic rings. The number of halogens is 2. The monoisotopic (exact) mass is 749 g/mol. The van der Waals surface area contributed by atoms with Crippen molar-refractivity contribution in [2.75, 3.05) is 4.90 Å². The smallest absolute Gasteiger partial charge is 0.242 e. The van der Waals surface area contributed by atoms with Crippen LogP contribution in [0.2, 0.25) is 0 Å². The number of ether oxygens (including phenoxy) is 1. The number of nitrogens with zero attached hydrogens (tertiary/aromatic N) is 1. The molecule has 10 aromatic carbocycles. The molecule has 1 aliphatic heterocycles. The minimum absolute atomic E-state index is 0.268. The third-order valence-electron chi connectivity index (χ3n) is 11.8. The van der Waals surface area contributed by atoms with E-state index in [1.807, 2.05) is 24.3 Å². The van der Waals surface area contributed by atoms with Crippen LogP contribution in [0.4, 0.5) is 25.8 Å². The van der Waals surface area contributed by atoms with Crippen LogP contribution in [0.25, 0.3) is 54.2 Å². The molecule has 0 saturated carbocycles. The Morgan fingerprint density at radius 1 is 0.448 bits per heavy atom. The van der Waals surface area contributed by atoms with Crippen LogP contribution in [0, 0.1) is 18.6 Å². The maximum absolute atomic E-state index is 14.3. The lowest BCUT2D eigenvalue weighted by Gasteiger charge is -2.29. The number of benzene rings is 10. The summed E-state index contributed by atoms with van der Waals surface area (Å²) >= 11 is 0. The van der Waals surface area contributed by atoms with Gasteiger partial charge in [-0.1, -0.05) is 132 Å². The predicted octanol–water partition coefficient (Wildman–Crippen LogP) is 12.6. The standard InChI is InChI=1S/C53H34BF2NO/c1-33-9-2-7-15-50(33)57(40-26-17-34-10-3-4-11-35(34)29-40)41-27-28-44-48-31-46-42-12-5-6-13-43(42)49(32-47(46)45-14-8-16-51(53(45)48)58-52(44)30-41)54(36-18-22-38(55)23-19-36)37-20-24-39(56)25-21-37/h2-32H,1H3. The fourth-order valence-corrected chi connectivity index (χ4v) is 9.09. The van der Waals surface area contributed by atoms with Gasteiger partial charge in [0.15, 0.2) is 0 Å². The highest BCUT2D eigenvalue weighted by molar-refractivity contribution is 6.97. The Balaban J connectivity index is 1.12. The Morgan fingerprint density at radius 3 is 1.83 bits per heavy atom. The first-order valence-corrected chi connectivity index (χ1v) is 19.6. The Hall–Kier alpha value is -7.24. The van der Waals surface area contributed by atoms with Crippen molar-refractivity contribution in [3.8, 4) is 22.6 Å². The average Bonchev–Trinajstić information content (AvgIpc) is 3.26. The van der Waals surface area contributed by atoms with Crippen LogP contribution in [0.15, 0.2) is 188 Å². The number of para-hydroxylation sites is 1. The van der Waals surface area contributed by atoms with Gasteiger partial charge in [-0.3, -0.25) is 0 Å². The zero-order valence-corrected chi connectivity index (χ0v) is 31.6. The van der Waals surface area contributed by atoms with Crippen LogP contribution in [-0.2, 0) is 0 Å². The Bertz CT molecular complexity index is 3210. The van der Waals surface area contributed by atoms with E-state index in [0.717, 1.165) is 88.4 Å². The van der Waals surface area contributed by atoms with Gasteiger partial charge in [0.1, 0.15) is 23.1 Å². The number of rotatable bonds is 6. The summed E-state index contributed by atoms with van der Waals surface area (Å²) < 4.78 is 35.5. The lowest BCUT2D eigenvalue weighted by molar-refractivity contribution is 0.487. The normalized spacial score (nSPS) is 11.8. The molecule has 58 heavy (non-hydrogen) atoms. The largest absolute Gasteiger partial charge is 0.456 e. The number of aryl methyl sites for hydroxylation is 1. The minimum atomic E-state index is -0.297. The summed E-state index contributed by atoms with van der Waals surface area (Å²) in [4.78, 5) is 2.32. The molecule has 10 aromatic rings. The number of hydrogen-bond donors (Lipinski definition) is 0. The topological polar surface area (TPSA) is 12.5 Å². The van der Waals surface area contributed by atoms with Crippen molar-refractivity contribution >= 4 is 83.3 Å². The van der Waals surface area contributed by atoms with Crippen LogP contribution in [0.1, 0.15) is 5.56 Å². The molecule has 0 spiro atoms. The summed E-state index contributed by atoms with van der Waals surface area (Å²) in [6, 6.07) is 62.8. The molecule has 1 heterocycles. The molecule has 5 heteroatoms. The van der Waals surface area contributed by atoms with Gasteiger partial charge in [0.05, 0.1) is 0 Å². The highest BCUT2D eigenvalue weighted by atomic mass is 19.1. The van der Waals surface area contributed by atoms with E-state index in [1.54, 1.807) is 0 Å². The molecule has 0 saturated heterocycles. The first-order chi connectivity index (χ1) is 28.5. The zero-order chi connectivity index (χ0) is 38.9. The third-order valence-corrected chi connectivity index (χ3v) is 11.8. The van der Waals surface area contributed by atoms with Crippen molar-refractivity contribution in [2.45, 2.75) is 6.92 Å². The lowest BCUT2D eigenvalue weighted by Crippen LogP contribution is -2.52. The number of anilines is 3. The molecular weight excluding hydrogens is 715 g/mol. The van der Waals surface area contributed by atoms with E-state index in [9.17, 15) is 8.78 Å². The van der Waals surface area contributed by atoms with Crippen LogP contribution in [-0.4, -0.2) is 6.71 Å². The van der Waals surface area contributed by atoms with Gasteiger partial charge in [-0.15, -0.1) is 0 Å². The maximum Gasteiger partial charge on any atom is 0.242 e. The molecule has 0 atom stereocenters. The van der Waals surface area contributed by atoms with Crippen molar-refractivity contribution in [1.29, 1.82) is 0 Å². The summed E-state index contributed by atoms with van der Waals surface area (Å²) in [5.41, 5.74) is 9.41. The van der Waals surface area contributed by atoms with E-state index in [2.05, 4.69) is 151 Å². The first-order valence-electron chi connectivity index (χ1n) is 19.6. The Kier molecular flexibility index (Phi) is 7.90. The maximum atomic E-state index is 14.3. The van der Waals surface area contributed by atoms with Gasteiger partial charge in [-0.2, -0.15) is 0 Å². The Morgan fingerprint density at radius 2 is 1.07 bits per heavy atom. The van der Waals surface area contributed by atoms with Crippen LogP contribution in [0.5, 0.6) is 11.5 Å². The second kappa shape index (κ2) is 13.5. The van der Waals surface area contributed by atoms with Crippen LogP contribution < -0.4 is 26.0 Å². The van der Waals surface area contributed by atoms with Gasteiger partial charge in [-0.25, -0.2) is 8.78 Å². The van der Waals surface area contributed by atoms with E-state index in [-0.39, 0.29) is 18.3 Å². The highest BCUT2D eigenvalue weighted by Gasteiger charge is 2.28. The third kappa shape index (κ3) is 5.54. The molecule has 0 aliphatic carbocycles. The van der Waals surface area contributed by atoms with E-state index in [0.29, 0.717) is 0 Å². The minimum Gasteiger partial charge on any atom is -0.456 e. The van der Waals surface area contributed by atoms with Crippen molar-refractivity contribution in [1.82, 2.24) is 0 Å². The van der Waals surface area contributed by atoms with Gasteiger partial charge >= 0.3 is 0 Å². The molecule has 11 rings (SSSR count). The molecule has 0 fully saturated rings. The van der Waals surface area contributed by atoms with Crippen molar-refractivity contribution in [3.63, 3.8) is 0 Å². The zero-order valence-electron chi connectivity index (χ0n) is 31.6. The molecular formula is C53H34BF2NO. The summed E-state index contributed by atoms with van der Waals surface area (Å²) in [5, 5.41) is 8.94. The number of fused-ring (bicyclic) bond motifs is 7. The summed E-state index contributed by atoms with van der Waals surface area (Å²) in [7, 11) is 0. The lowest BCUT2D eigenvalue weighted by atomic mass is 9.36. The average molecular weight is 750 g/mol. The summed E-state index contributed by atoms with van der Waals surface area (Å²) in [5.74, 6) is 1.00. The molecule has 0 bridgehead atoms. The van der Waals surface area contributed by atoms with Gasteiger partial charge in [0.25, 0.3) is 0 Å². The second-order valence-electron chi connectivity index (χ2n) is 15.2. The first kappa shape index (κ1) is 34.0. The summed E-state index contributed by atoms with van der Waals surface area (Å²) in [6.07, 6.45) is 0. The number of hydrogen-bond acceptors (Lipinski definition) is 2. The van der Waals surface area contributed by atoms with Crippen LogP contribution >= 0.6 is 0 Å².